The molecule has 0 atom stereocenters. The second-order valence-corrected chi connectivity index (χ2v) is 4.21. The Hall–Kier alpha value is -2.04. The number of ether oxygens (including phenoxy) is 3. The first kappa shape index (κ1) is 13.4. The van der Waals surface area contributed by atoms with E-state index < -0.39 is 0 Å². The van der Waals surface area contributed by atoms with Crippen molar-refractivity contribution < 1.29 is 23.8 Å². The number of rotatable bonds is 6. The molecule has 0 amide bonds. The van der Waals surface area contributed by atoms with Gasteiger partial charge in [0.2, 0.25) is 6.79 Å². The Morgan fingerprint density at radius 2 is 2.00 bits per heavy atom. The molecular formula is C14H16O5. The molecule has 5 heteroatoms. The lowest BCUT2D eigenvalue weighted by Gasteiger charge is -2.04. The minimum Gasteiger partial charge on any atom is -0.466 e. The average molecular weight is 264 g/mol. The molecule has 1 heterocycles. The Morgan fingerprint density at radius 1 is 1.21 bits per heavy atom. The Bertz CT molecular complexity index is 481. The van der Waals surface area contributed by atoms with Crippen molar-refractivity contribution in [3.63, 3.8) is 0 Å². The number of esters is 1. The molecule has 2 rings (SSSR count). The molecule has 0 N–H and O–H groups in total. The summed E-state index contributed by atoms with van der Waals surface area (Å²) in [7, 11) is 0. The number of hydrogen-bond donors (Lipinski definition) is 0. The van der Waals surface area contributed by atoms with Gasteiger partial charge in [-0.1, -0.05) is 6.92 Å². The molecular weight excluding hydrogens is 248 g/mol. The van der Waals surface area contributed by atoms with Gasteiger partial charge < -0.3 is 14.2 Å². The fourth-order valence-electron chi connectivity index (χ4n) is 1.72. The lowest BCUT2D eigenvalue weighted by Crippen LogP contribution is -2.08. The van der Waals surface area contributed by atoms with Gasteiger partial charge >= 0.3 is 5.97 Å². The number of fused-ring (bicyclic) bond motifs is 1. The van der Waals surface area contributed by atoms with Crippen LogP contribution in [0.5, 0.6) is 11.5 Å². The van der Waals surface area contributed by atoms with Crippen LogP contribution in [-0.4, -0.2) is 25.2 Å². The molecule has 0 radical (unpaired) electrons. The largest absolute Gasteiger partial charge is 0.466 e. The van der Waals surface area contributed by atoms with Gasteiger partial charge in [0.1, 0.15) is 0 Å². The van der Waals surface area contributed by atoms with E-state index in [1.54, 1.807) is 18.2 Å². The number of ketones is 1. The molecule has 0 aromatic heterocycles. The van der Waals surface area contributed by atoms with E-state index in [1.165, 1.54) is 0 Å². The zero-order chi connectivity index (χ0) is 13.7. The third kappa shape index (κ3) is 3.47. The minimum atomic E-state index is -0.337. The van der Waals surface area contributed by atoms with Crippen molar-refractivity contribution in [2.75, 3.05) is 13.4 Å². The summed E-state index contributed by atoms with van der Waals surface area (Å²) < 4.78 is 15.3. The maximum atomic E-state index is 11.9. The topological polar surface area (TPSA) is 61.8 Å². The summed E-state index contributed by atoms with van der Waals surface area (Å²) in [4.78, 5) is 23.2. The van der Waals surface area contributed by atoms with Gasteiger partial charge in [-0.05, 0) is 24.6 Å². The van der Waals surface area contributed by atoms with Crippen LogP contribution in [0.1, 0.15) is 36.5 Å². The Morgan fingerprint density at radius 3 is 2.79 bits per heavy atom. The van der Waals surface area contributed by atoms with Gasteiger partial charge in [-0.3, -0.25) is 9.59 Å². The molecule has 19 heavy (non-hydrogen) atoms. The predicted molar refractivity (Wildman–Crippen MR) is 67.4 cm³/mol. The molecule has 0 aliphatic carbocycles. The van der Waals surface area contributed by atoms with Crippen LogP contribution in [0.15, 0.2) is 18.2 Å². The zero-order valence-corrected chi connectivity index (χ0v) is 10.8. The van der Waals surface area contributed by atoms with Gasteiger partial charge in [-0.25, -0.2) is 0 Å². The standard InChI is InChI=1S/C14H16O5/c1-2-7-17-14(16)6-4-11(15)10-3-5-12-13(8-10)19-9-18-12/h3,5,8H,2,4,6-7,9H2,1H3. The van der Waals surface area contributed by atoms with Crippen molar-refractivity contribution in [1.82, 2.24) is 0 Å². The van der Waals surface area contributed by atoms with Gasteiger partial charge in [-0.2, -0.15) is 0 Å². The molecule has 1 aromatic rings. The van der Waals surface area contributed by atoms with E-state index in [2.05, 4.69) is 0 Å². The van der Waals surface area contributed by atoms with E-state index >= 15 is 0 Å². The second kappa shape index (κ2) is 6.22. The fourth-order valence-corrected chi connectivity index (χ4v) is 1.72. The minimum absolute atomic E-state index is 0.104. The maximum absolute atomic E-state index is 11.9. The summed E-state index contributed by atoms with van der Waals surface area (Å²) in [5, 5.41) is 0. The van der Waals surface area contributed by atoms with E-state index in [0.29, 0.717) is 23.7 Å². The van der Waals surface area contributed by atoms with E-state index in [4.69, 9.17) is 14.2 Å². The van der Waals surface area contributed by atoms with Gasteiger partial charge in [-0.15, -0.1) is 0 Å². The van der Waals surface area contributed by atoms with Crippen LogP contribution in [0.2, 0.25) is 0 Å². The Labute approximate surface area is 111 Å². The highest BCUT2D eigenvalue weighted by molar-refractivity contribution is 5.98. The van der Waals surface area contributed by atoms with E-state index in [9.17, 15) is 9.59 Å². The molecule has 1 aliphatic rings. The third-order valence-electron chi connectivity index (χ3n) is 2.72. The number of hydrogen-bond acceptors (Lipinski definition) is 5. The van der Waals surface area contributed by atoms with Crippen LogP contribution >= 0.6 is 0 Å². The molecule has 0 fully saturated rings. The molecule has 0 saturated carbocycles. The molecule has 0 bridgehead atoms. The summed E-state index contributed by atoms with van der Waals surface area (Å²) in [5.74, 6) is 0.765. The summed E-state index contributed by atoms with van der Waals surface area (Å²) in [6.45, 7) is 2.50. The van der Waals surface area contributed by atoms with E-state index in [0.717, 1.165) is 6.42 Å². The molecule has 1 aliphatic heterocycles. The highest BCUT2D eigenvalue weighted by atomic mass is 16.7. The van der Waals surface area contributed by atoms with Gasteiger partial charge in [0.25, 0.3) is 0 Å². The highest BCUT2D eigenvalue weighted by Crippen LogP contribution is 2.32. The lowest BCUT2D eigenvalue weighted by atomic mass is 10.1. The van der Waals surface area contributed by atoms with Gasteiger partial charge in [0.05, 0.1) is 13.0 Å². The van der Waals surface area contributed by atoms with Crippen molar-refractivity contribution in [3.8, 4) is 11.5 Å². The van der Waals surface area contributed by atoms with Crippen molar-refractivity contribution >= 4 is 11.8 Å². The summed E-state index contributed by atoms with van der Waals surface area (Å²) in [5.41, 5.74) is 0.521. The van der Waals surface area contributed by atoms with Crippen molar-refractivity contribution in [1.29, 1.82) is 0 Å². The quantitative estimate of drug-likeness (QED) is 0.583. The van der Waals surface area contributed by atoms with Crippen LogP contribution in [0, 0.1) is 0 Å². The predicted octanol–water partition coefficient (Wildman–Crippen LogP) is 2.33. The Balaban J connectivity index is 1.88. The zero-order valence-electron chi connectivity index (χ0n) is 10.8. The summed E-state index contributed by atoms with van der Waals surface area (Å²) in [6, 6.07) is 5.01. The smallest absolute Gasteiger partial charge is 0.306 e. The number of carbonyl (C=O) groups is 2. The molecule has 1 aromatic carbocycles. The summed E-state index contributed by atoms with van der Waals surface area (Å²) >= 11 is 0. The monoisotopic (exact) mass is 264 g/mol. The van der Waals surface area contributed by atoms with Crippen LogP contribution in [0.4, 0.5) is 0 Å². The lowest BCUT2D eigenvalue weighted by molar-refractivity contribution is -0.143. The molecule has 0 spiro atoms. The number of carbonyl (C=O) groups excluding carboxylic acids is 2. The molecule has 0 unspecified atom stereocenters. The first-order valence-electron chi connectivity index (χ1n) is 6.29. The number of Topliss-reactive ketones (excluding diaryl/α,β-unsaturated/α-hetero) is 1. The second-order valence-electron chi connectivity index (χ2n) is 4.21. The first-order chi connectivity index (χ1) is 9.20. The van der Waals surface area contributed by atoms with E-state index in [-0.39, 0.29) is 31.4 Å². The van der Waals surface area contributed by atoms with Crippen molar-refractivity contribution in [3.05, 3.63) is 23.8 Å². The number of benzene rings is 1. The SMILES string of the molecule is CCCOC(=O)CCC(=O)c1ccc2c(c1)OCO2. The highest BCUT2D eigenvalue weighted by Gasteiger charge is 2.16. The Kier molecular flexibility index (Phi) is 4.39. The average Bonchev–Trinajstić information content (AvgIpc) is 2.89. The van der Waals surface area contributed by atoms with Gasteiger partial charge in [0, 0.05) is 12.0 Å². The molecule has 0 saturated heterocycles. The third-order valence-corrected chi connectivity index (χ3v) is 2.72. The van der Waals surface area contributed by atoms with Gasteiger partial charge in [0.15, 0.2) is 17.3 Å². The molecule has 102 valence electrons. The fraction of sp³-hybridized carbons (Fsp3) is 0.429. The first-order valence-corrected chi connectivity index (χ1v) is 6.29. The maximum Gasteiger partial charge on any atom is 0.306 e. The van der Waals surface area contributed by atoms with Crippen LogP contribution < -0.4 is 9.47 Å². The van der Waals surface area contributed by atoms with Crippen LogP contribution in [-0.2, 0) is 9.53 Å². The summed E-state index contributed by atoms with van der Waals surface area (Å²) in [6.07, 6.45) is 1.03. The van der Waals surface area contributed by atoms with Crippen molar-refractivity contribution in [2.24, 2.45) is 0 Å². The van der Waals surface area contributed by atoms with Crippen LogP contribution in [0.3, 0.4) is 0 Å². The van der Waals surface area contributed by atoms with E-state index in [1.807, 2.05) is 6.92 Å². The van der Waals surface area contributed by atoms with Crippen molar-refractivity contribution in [2.45, 2.75) is 26.2 Å². The normalized spacial score (nSPS) is 12.3. The molecule has 5 nitrogen and oxygen atoms in total. The van der Waals surface area contributed by atoms with Crippen LogP contribution in [0.25, 0.3) is 0 Å².